The number of anilines is 1. The van der Waals surface area contributed by atoms with Gasteiger partial charge in [-0.1, -0.05) is 6.07 Å². The molecule has 0 amide bonds. The van der Waals surface area contributed by atoms with Gasteiger partial charge in [0.2, 0.25) is 0 Å². The Balaban J connectivity index is 2.03. The van der Waals surface area contributed by atoms with E-state index in [0.717, 1.165) is 5.56 Å². The molecule has 0 radical (unpaired) electrons. The van der Waals surface area contributed by atoms with Crippen LogP contribution in [0.1, 0.15) is 15.3 Å². The standard InChI is InChI=1S/C14H14F3NOS/c1-9-6-11(10(2)20-9)8-18-12-4-3-5-13(7-12)19-14(15,16)17/h3-7,18H,8H2,1-2H3. The minimum Gasteiger partial charge on any atom is -0.406 e. The summed E-state index contributed by atoms with van der Waals surface area (Å²) in [5.41, 5.74) is 1.74. The second-order valence-electron chi connectivity index (χ2n) is 4.37. The summed E-state index contributed by atoms with van der Waals surface area (Å²) in [5.74, 6) is -0.222. The summed E-state index contributed by atoms with van der Waals surface area (Å²) in [6.07, 6.45) is -4.67. The number of thiophene rings is 1. The third kappa shape index (κ3) is 4.16. The molecule has 0 saturated heterocycles. The van der Waals surface area contributed by atoms with Crippen LogP contribution in [0.25, 0.3) is 0 Å². The molecule has 20 heavy (non-hydrogen) atoms. The van der Waals surface area contributed by atoms with E-state index in [1.54, 1.807) is 17.4 Å². The topological polar surface area (TPSA) is 21.3 Å². The maximum absolute atomic E-state index is 12.1. The Morgan fingerprint density at radius 1 is 1.20 bits per heavy atom. The lowest BCUT2D eigenvalue weighted by Crippen LogP contribution is -2.17. The van der Waals surface area contributed by atoms with Gasteiger partial charge in [-0.25, -0.2) is 0 Å². The number of hydrogen-bond donors (Lipinski definition) is 1. The van der Waals surface area contributed by atoms with Gasteiger partial charge in [0, 0.05) is 28.1 Å². The molecular formula is C14H14F3NOS. The van der Waals surface area contributed by atoms with Crippen molar-refractivity contribution in [3.63, 3.8) is 0 Å². The number of aryl methyl sites for hydroxylation is 2. The van der Waals surface area contributed by atoms with Crippen molar-refractivity contribution in [3.8, 4) is 5.75 Å². The molecule has 1 N–H and O–H groups in total. The van der Waals surface area contributed by atoms with Crippen molar-refractivity contribution >= 4 is 17.0 Å². The zero-order valence-corrected chi connectivity index (χ0v) is 11.9. The normalized spacial score (nSPS) is 11.4. The van der Waals surface area contributed by atoms with Gasteiger partial charge in [0.05, 0.1) is 0 Å². The van der Waals surface area contributed by atoms with Crippen LogP contribution in [0.5, 0.6) is 5.75 Å². The van der Waals surface area contributed by atoms with Crippen molar-refractivity contribution in [3.05, 3.63) is 45.6 Å². The first-order valence-electron chi connectivity index (χ1n) is 5.99. The summed E-state index contributed by atoms with van der Waals surface area (Å²) in [4.78, 5) is 2.42. The second-order valence-corrected chi connectivity index (χ2v) is 5.83. The van der Waals surface area contributed by atoms with Crippen LogP contribution in [0.3, 0.4) is 0 Å². The largest absolute Gasteiger partial charge is 0.573 e. The molecule has 0 bridgehead atoms. The number of hydrogen-bond acceptors (Lipinski definition) is 3. The van der Waals surface area contributed by atoms with Crippen molar-refractivity contribution in [2.45, 2.75) is 26.8 Å². The monoisotopic (exact) mass is 301 g/mol. The molecule has 2 aromatic rings. The maximum atomic E-state index is 12.1. The Bertz CT molecular complexity index is 592. The molecular weight excluding hydrogens is 287 g/mol. The molecule has 0 aliphatic carbocycles. The van der Waals surface area contributed by atoms with Crippen LogP contribution in [-0.2, 0) is 6.54 Å². The van der Waals surface area contributed by atoms with Gasteiger partial charge >= 0.3 is 6.36 Å². The Labute approximate surface area is 119 Å². The third-order valence-corrected chi connectivity index (χ3v) is 3.70. The maximum Gasteiger partial charge on any atom is 0.573 e. The molecule has 1 heterocycles. The van der Waals surface area contributed by atoms with Crippen LogP contribution in [0.2, 0.25) is 0 Å². The van der Waals surface area contributed by atoms with E-state index < -0.39 is 6.36 Å². The van der Waals surface area contributed by atoms with Gasteiger partial charge in [0.25, 0.3) is 0 Å². The fourth-order valence-electron chi connectivity index (χ4n) is 1.86. The van der Waals surface area contributed by atoms with Crippen LogP contribution in [-0.4, -0.2) is 6.36 Å². The van der Waals surface area contributed by atoms with E-state index in [1.807, 2.05) is 13.8 Å². The van der Waals surface area contributed by atoms with E-state index in [2.05, 4.69) is 16.1 Å². The number of nitrogens with one attached hydrogen (secondary N) is 1. The van der Waals surface area contributed by atoms with Crippen molar-refractivity contribution < 1.29 is 17.9 Å². The number of halogens is 3. The van der Waals surface area contributed by atoms with Gasteiger partial charge in [-0.05, 0) is 37.6 Å². The number of alkyl halides is 3. The predicted molar refractivity (Wildman–Crippen MR) is 74.2 cm³/mol. The van der Waals surface area contributed by atoms with Crippen LogP contribution in [0.4, 0.5) is 18.9 Å². The van der Waals surface area contributed by atoms with E-state index in [-0.39, 0.29) is 5.75 Å². The number of ether oxygens (including phenoxy) is 1. The molecule has 0 spiro atoms. The first-order valence-corrected chi connectivity index (χ1v) is 6.81. The number of benzene rings is 1. The van der Waals surface area contributed by atoms with Gasteiger partial charge in [-0.2, -0.15) is 0 Å². The Kier molecular flexibility index (Phi) is 4.23. The highest BCUT2D eigenvalue weighted by atomic mass is 32.1. The molecule has 0 fully saturated rings. The van der Waals surface area contributed by atoms with E-state index in [9.17, 15) is 13.2 Å². The van der Waals surface area contributed by atoms with Crippen LogP contribution >= 0.6 is 11.3 Å². The average molecular weight is 301 g/mol. The minimum absolute atomic E-state index is 0.222. The zero-order chi connectivity index (χ0) is 14.8. The van der Waals surface area contributed by atoms with E-state index in [0.29, 0.717) is 12.2 Å². The average Bonchev–Trinajstić information content (AvgIpc) is 2.63. The lowest BCUT2D eigenvalue weighted by atomic mass is 10.2. The summed E-state index contributed by atoms with van der Waals surface area (Å²) in [6.45, 7) is 4.63. The lowest BCUT2D eigenvalue weighted by Gasteiger charge is -2.11. The van der Waals surface area contributed by atoms with Crippen LogP contribution in [0, 0.1) is 13.8 Å². The molecule has 108 valence electrons. The molecule has 1 aromatic carbocycles. The van der Waals surface area contributed by atoms with Gasteiger partial charge in [0.1, 0.15) is 5.75 Å². The first-order chi connectivity index (χ1) is 9.33. The minimum atomic E-state index is -4.67. The van der Waals surface area contributed by atoms with Gasteiger partial charge in [-0.3, -0.25) is 0 Å². The van der Waals surface area contributed by atoms with Gasteiger partial charge in [-0.15, -0.1) is 24.5 Å². The zero-order valence-electron chi connectivity index (χ0n) is 11.0. The molecule has 2 nitrogen and oxygen atoms in total. The van der Waals surface area contributed by atoms with Crippen LogP contribution in [0.15, 0.2) is 30.3 Å². The van der Waals surface area contributed by atoms with Crippen LogP contribution < -0.4 is 10.1 Å². The molecule has 0 unspecified atom stereocenters. The Morgan fingerprint density at radius 3 is 2.55 bits per heavy atom. The fraction of sp³-hybridized carbons (Fsp3) is 0.286. The molecule has 2 rings (SSSR count). The lowest BCUT2D eigenvalue weighted by molar-refractivity contribution is -0.274. The summed E-state index contributed by atoms with van der Waals surface area (Å²) in [7, 11) is 0. The number of rotatable bonds is 4. The Morgan fingerprint density at radius 2 is 1.95 bits per heavy atom. The summed E-state index contributed by atoms with van der Waals surface area (Å²) in [6, 6.07) is 7.91. The molecule has 0 saturated carbocycles. The SMILES string of the molecule is Cc1cc(CNc2cccc(OC(F)(F)F)c2)c(C)s1. The highest BCUT2D eigenvalue weighted by Crippen LogP contribution is 2.26. The fourth-order valence-corrected chi connectivity index (χ4v) is 2.81. The molecule has 0 aliphatic heterocycles. The highest BCUT2D eigenvalue weighted by molar-refractivity contribution is 7.12. The predicted octanol–water partition coefficient (Wildman–Crippen LogP) is 4.88. The second kappa shape index (κ2) is 5.75. The quantitative estimate of drug-likeness (QED) is 0.869. The summed E-state index contributed by atoms with van der Waals surface area (Å²) >= 11 is 1.70. The third-order valence-electron chi connectivity index (χ3n) is 2.69. The summed E-state index contributed by atoms with van der Waals surface area (Å²) < 4.78 is 40.3. The van der Waals surface area contributed by atoms with Crippen molar-refractivity contribution in [1.82, 2.24) is 0 Å². The Hall–Kier alpha value is -1.69. The molecule has 1 aromatic heterocycles. The summed E-state index contributed by atoms with van der Waals surface area (Å²) in [5, 5.41) is 3.10. The molecule has 6 heteroatoms. The highest BCUT2D eigenvalue weighted by Gasteiger charge is 2.31. The van der Waals surface area contributed by atoms with Crippen molar-refractivity contribution in [2.75, 3.05) is 5.32 Å². The van der Waals surface area contributed by atoms with Crippen molar-refractivity contribution in [2.24, 2.45) is 0 Å². The molecule has 0 atom stereocenters. The van der Waals surface area contributed by atoms with E-state index in [4.69, 9.17) is 0 Å². The molecule has 0 aliphatic rings. The van der Waals surface area contributed by atoms with Gasteiger partial charge < -0.3 is 10.1 Å². The smallest absolute Gasteiger partial charge is 0.406 e. The van der Waals surface area contributed by atoms with E-state index in [1.165, 1.54) is 28.0 Å². The van der Waals surface area contributed by atoms with Crippen molar-refractivity contribution in [1.29, 1.82) is 0 Å². The van der Waals surface area contributed by atoms with E-state index >= 15 is 0 Å². The van der Waals surface area contributed by atoms with Gasteiger partial charge in [0.15, 0.2) is 0 Å². The first kappa shape index (κ1) is 14.7.